The van der Waals surface area contributed by atoms with E-state index in [4.69, 9.17) is 0 Å². The van der Waals surface area contributed by atoms with Crippen LogP contribution in [-0.2, 0) is 0 Å². The molecule has 0 aliphatic rings. The summed E-state index contributed by atoms with van der Waals surface area (Å²) in [6.45, 7) is 0. The van der Waals surface area contributed by atoms with Gasteiger partial charge in [-0.25, -0.2) is 0 Å². The Kier molecular flexibility index (Phi) is 1.86. The highest BCUT2D eigenvalue weighted by Gasteiger charge is 1.94. The van der Waals surface area contributed by atoms with Crippen molar-refractivity contribution in [3.63, 3.8) is 0 Å². The highest BCUT2D eigenvalue weighted by Crippen LogP contribution is 1.94. The van der Waals surface area contributed by atoms with Crippen LogP contribution < -0.4 is 10.3 Å². The fourth-order valence-corrected chi connectivity index (χ4v) is 0.701. The zero-order valence-electron chi connectivity index (χ0n) is 5.30. The minimum atomic E-state index is -0.314. The number of hydrogen-bond acceptors (Lipinski definition) is 3. The van der Waals surface area contributed by atoms with Gasteiger partial charge in [0.05, 0.1) is 13.3 Å². The maximum atomic E-state index is 10.8. The first-order valence-electron chi connectivity index (χ1n) is 2.60. The van der Waals surface area contributed by atoms with Gasteiger partial charge in [-0.1, -0.05) is 0 Å². The summed E-state index contributed by atoms with van der Waals surface area (Å²) in [5.41, 5.74) is -0.314. The molecule has 0 saturated carbocycles. The average molecular weight is 158 g/mol. The van der Waals surface area contributed by atoms with Crippen molar-refractivity contribution in [2.75, 3.05) is 7.11 Å². The van der Waals surface area contributed by atoms with Crippen molar-refractivity contribution in [1.82, 2.24) is 9.97 Å². The molecule has 0 spiro atoms. The largest absolute Gasteiger partial charge is 0.490 e. The first kappa shape index (κ1) is 7.01. The summed E-state index contributed by atoms with van der Waals surface area (Å²) in [5, 5.41) is 0. The number of aromatic amines is 2. The van der Waals surface area contributed by atoms with Crippen LogP contribution in [0, 0.1) is 4.77 Å². The Labute approximate surface area is 61.9 Å². The Morgan fingerprint density at radius 1 is 1.70 bits per heavy atom. The maximum absolute atomic E-state index is 10.8. The topological polar surface area (TPSA) is 57.9 Å². The molecule has 1 aromatic heterocycles. The van der Waals surface area contributed by atoms with E-state index in [0.29, 0.717) is 4.77 Å². The number of aromatic nitrogens is 2. The first-order valence-corrected chi connectivity index (χ1v) is 3.01. The lowest BCUT2D eigenvalue weighted by Crippen LogP contribution is -2.09. The number of hydrogen-bond donors (Lipinski definition) is 2. The third-order valence-corrected chi connectivity index (χ3v) is 1.23. The summed E-state index contributed by atoms with van der Waals surface area (Å²) in [7, 11) is 1.42. The molecule has 1 aromatic rings. The Morgan fingerprint density at radius 3 is 2.90 bits per heavy atom. The first-order chi connectivity index (χ1) is 4.74. The molecule has 0 aliphatic heterocycles. The lowest BCUT2D eigenvalue weighted by molar-refractivity contribution is 0.405. The summed E-state index contributed by atoms with van der Waals surface area (Å²) in [6.07, 6.45) is 1.42. The molecule has 0 amide bonds. The van der Waals surface area contributed by atoms with E-state index in [2.05, 4.69) is 26.9 Å². The number of ether oxygens (including phenoxy) is 1. The summed E-state index contributed by atoms with van der Waals surface area (Å²) >= 11 is 4.64. The van der Waals surface area contributed by atoms with Crippen molar-refractivity contribution in [2.24, 2.45) is 0 Å². The molecule has 10 heavy (non-hydrogen) atoms. The molecule has 0 unspecified atom stereocenters. The van der Waals surface area contributed by atoms with E-state index >= 15 is 0 Å². The fourth-order valence-electron chi connectivity index (χ4n) is 0.549. The molecule has 0 radical (unpaired) electrons. The summed E-state index contributed by atoms with van der Waals surface area (Å²) < 4.78 is 4.98. The van der Waals surface area contributed by atoms with Crippen LogP contribution in [-0.4, -0.2) is 17.1 Å². The molecule has 4 nitrogen and oxygen atoms in total. The van der Waals surface area contributed by atoms with E-state index in [9.17, 15) is 4.79 Å². The van der Waals surface area contributed by atoms with Crippen molar-refractivity contribution in [3.8, 4) is 5.75 Å². The van der Waals surface area contributed by atoms with Crippen LogP contribution in [0.4, 0.5) is 0 Å². The zero-order chi connectivity index (χ0) is 7.56. The standard InChI is InChI=1S/C5H6N2O2S/c1-9-3-2-6-5(10)7-4(3)8/h2H,1H3,(H2,6,7,8,10). The zero-order valence-corrected chi connectivity index (χ0v) is 6.12. The van der Waals surface area contributed by atoms with E-state index in [1.54, 1.807) is 0 Å². The normalized spacial score (nSPS) is 9.30. The molecule has 5 heteroatoms. The van der Waals surface area contributed by atoms with E-state index < -0.39 is 0 Å². The van der Waals surface area contributed by atoms with E-state index in [1.807, 2.05) is 0 Å². The molecular weight excluding hydrogens is 152 g/mol. The van der Waals surface area contributed by atoms with Gasteiger partial charge < -0.3 is 9.72 Å². The van der Waals surface area contributed by atoms with E-state index in [1.165, 1.54) is 13.3 Å². The average Bonchev–Trinajstić information content (AvgIpc) is 1.88. The van der Waals surface area contributed by atoms with Crippen molar-refractivity contribution in [1.29, 1.82) is 0 Å². The lowest BCUT2D eigenvalue weighted by Gasteiger charge is -1.94. The second-order valence-electron chi connectivity index (χ2n) is 1.64. The highest BCUT2D eigenvalue weighted by molar-refractivity contribution is 7.71. The molecule has 0 aromatic carbocycles. The molecule has 0 atom stereocenters. The molecule has 1 rings (SSSR count). The molecular formula is C5H6N2O2S. The number of nitrogens with one attached hydrogen (secondary N) is 2. The van der Waals surface area contributed by atoms with Crippen LogP contribution in [0.3, 0.4) is 0 Å². The number of rotatable bonds is 1. The third kappa shape index (κ3) is 1.24. The van der Waals surface area contributed by atoms with Gasteiger partial charge in [-0.3, -0.25) is 9.78 Å². The molecule has 1 heterocycles. The minimum absolute atomic E-state index is 0.230. The monoisotopic (exact) mass is 158 g/mol. The Hall–Kier alpha value is -1.10. The Morgan fingerprint density at radius 2 is 2.40 bits per heavy atom. The molecule has 0 aliphatic carbocycles. The number of H-pyrrole nitrogens is 2. The Bertz CT molecular complexity index is 327. The minimum Gasteiger partial charge on any atom is -0.490 e. The predicted molar refractivity (Wildman–Crippen MR) is 38.8 cm³/mol. The lowest BCUT2D eigenvalue weighted by atomic mass is 10.6. The van der Waals surface area contributed by atoms with Gasteiger partial charge in [0, 0.05) is 0 Å². The highest BCUT2D eigenvalue weighted by atomic mass is 32.1. The van der Waals surface area contributed by atoms with Gasteiger partial charge in [0.2, 0.25) is 0 Å². The molecule has 54 valence electrons. The molecule has 0 fully saturated rings. The van der Waals surface area contributed by atoms with Gasteiger partial charge in [0.25, 0.3) is 5.56 Å². The van der Waals surface area contributed by atoms with Gasteiger partial charge in [-0.05, 0) is 12.2 Å². The second-order valence-corrected chi connectivity index (χ2v) is 2.05. The van der Waals surface area contributed by atoms with Gasteiger partial charge in [-0.2, -0.15) is 0 Å². The second kappa shape index (κ2) is 2.66. The van der Waals surface area contributed by atoms with Crippen molar-refractivity contribution in [2.45, 2.75) is 0 Å². The van der Waals surface area contributed by atoms with Crippen LogP contribution in [0.5, 0.6) is 5.75 Å². The third-order valence-electron chi connectivity index (χ3n) is 1.01. The smallest absolute Gasteiger partial charge is 0.294 e. The van der Waals surface area contributed by atoms with Crippen molar-refractivity contribution in [3.05, 3.63) is 21.3 Å². The quantitative estimate of drug-likeness (QED) is 0.583. The van der Waals surface area contributed by atoms with Gasteiger partial charge in [0.15, 0.2) is 10.5 Å². The summed E-state index contributed by atoms with van der Waals surface area (Å²) in [4.78, 5) is 15.8. The van der Waals surface area contributed by atoms with Gasteiger partial charge in [0.1, 0.15) is 0 Å². The van der Waals surface area contributed by atoms with Crippen LogP contribution in [0.25, 0.3) is 0 Å². The van der Waals surface area contributed by atoms with Crippen molar-refractivity contribution >= 4 is 12.2 Å². The van der Waals surface area contributed by atoms with Crippen LogP contribution in [0.1, 0.15) is 0 Å². The van der Waals surface area contributed by atoms with Crippen molar-refractivity contribution < 1.29 is 4.74 Å². The Balaban J connectivity index is 3.34. The molecule has 2 N–H and O–H groups in total. The molecule has 0 bridgehead atoms. The van der Waals surface area contributed by atoms with Crippen LogP contribution in [0.2, 0.25) is 0 Å². The van der Waals surface area contributed by atoms with Gasteiger partial charge >= 0.3 is 0 Å². The number of methoxy groups -OCH3 is 1. The molecule has 0 saturated heterocycles. The summed E-state index contributed by atoms with van der Waals surface area (Å²) in [6, 6.07) is 0. The van der Waals surface area contributed by atoms with Crippen LogP contribution in [0.15, 0.2) is 11.0 Å². The van der Waals surface area contributed by atoms with E-state index in [-0.39, 0.29) is 11.3 Å². The van der Waals surface area contributed by atoms with Crippen LogP contribution >= 0.6 is 12.2 Å². The SMILES string of the molecule is COc1c[nH]c(=S)[nH]c1=O. The summed E-state index contributed by atoms with van der Waals surface area (Å²) in [5.74, 6) is 0.230. The predicted octanol–water partition coefficient (Wildman–Crippen LogP) is 0.441. The van der Waals surface area contributed by atoms with Gasteiger partial charge in [-0.15, -0.1) is 0 Å². The fraction of sp³-hybridized carbons (Fsp3) is 0.200. The maximum Gasteiger partial charge on any atom is 0.294 e. The van der Waals surface area contributed by atoms with E-state index in [0.717, 1.165) is 0 Å².